The fourth-order valence-corrected chi connectivity index (χ4v) is 4.97. The van der Waals surface area contributed by atoms with Crippen molar-refractivity contribution in [3.8, 4) is 5.75 Å². The number of allylic oxidation sites excluding steroid dienone is 1. The van der Waals surface area contributed by atoms with E-state index in [0.29, 0.717) is 12.8 Å². The molecule has 1 N–H and O–H groups in total. The van der Waals surface area contributed by atoms with Gasteiger partial charge in [0.25, 0.3) is 0 Å². The summed E-state index contributed by atoms with van der Waals surface area (Å²) in [5.41, 5.74) is -0.813. The maximum Gasteiger partial charge on any atom is 0.416 e. The smallest absolute Gasteiger partial charge is 0.416 e. The van der Waals surface area contributed by atoms with Gasteiger partial charge in [0.1, 0.15) is 24.2 Å². The number of ether oxygens (including phenoxy) is 1. The van der Waals surface area contributed by atoms with Crippen LogP contribution in [-0.4, -0.2) is 38.0 Å². The molecule has 1 aromatic rings. The number of halogens is 3. The third-order valence-corrected chi connectivity index (χ3v) is 11.0. The molecule has 2 rings (SSSR count). The molecule has 1 saturated carbocycles. The highest BCUT2D eigenvalue weighted by atomic mass is 28.4. The van der Waals surface area contributed by atoms with Gasteiger partial charge in [0.15, 0.2) is 8.32 Å². The number of aliphatic hydroxyl groups excluding tert-OH is 1. The zero-order chi connectivity index (χ0) is 25.0. The summed E-state index contributed by atoms with van der Waals surface area (Å²) >= 11 is 0. The number of carbonyl (C=O) groups is 1. The zero-order valence-electron chi connectivity index (χ0n) is 20.0. The molecule has 1 unspecified atom stereocenters. The minimum Gasteiger partial charge on any atom is -0.491 e. The van der Waals surface area contributed by atoms with E-state index in [1.54, 1.807) is 12.2 Å². The van der Waals surface area contributed by atoms with Gasteiger partial charge >= 0.3 is 6.18 Å². The number of carbonyl (C=O) groups excluding carboxylic acids is 1. The average Bonchev–Trinajstić information content (AvgIpc) is 2.97. The first kappa shape index (κ1) is 27.3. The van der Waals surface area contributed by atoms with E-state index in [0.717, 1.165) is 12.1 Å². The van der Waals surface area contributed by atoms with Crippen LogP contribution in [0.15, 0.2) is 49.1 Å². The number of hydrogen-bond acceptors (Lipinski definition) is 4. The van der Waals surface area contributed by atoms with Crippen LogP contribution in [0.4, 0.5) is 13.2 Å². The molecule has 1 fully saturated rings. The highest BCUT2D eigenvalue weighted by Gasteiger charge is 2.46. The third-order valence-electron chi connectivity index (χ3n) is 6.52. The summed E-state index contributed by atoms with van der Waals surface area (Å²) in [5, 5.41) is 10.3. The molecule has 0 saturated heterocycles. The van der Waals surface area contributed by atoms with Crippen molar-refractivity contribution >= 4 is 14.1 Å². The second-order valence-electron chi connectivity index (χ2n) is 10.1. The summed E-state index contributed by atoms with van der Waals surface area (Å²) < 4.78 is 50.5. The van der Waals surface area contributed by atoms with Crippen LogP contribution in [0.5, 0.6) is 5.75 Å². The molecule has 1 aliphatic rings. The summed E-state index contributed by atoms with van der Waals surface area (Å²) in [7, 11) is -2.12. The Morgan fingerprint density at radius 1 is 1.27 bits per heavy atom. The largest absolute Gasteiger partial charge is 0.491 e. The number of aliphatic hydroxyl groups is 1. The Morgan fingerprint density at radius 2 is 1.94 bits per heavy atom. The van der Waals surface area contributed by atoms with E-state index < -0.39 is 26.2 Å². The van der Waals surface area contributed by atoms with Crippen LogP contribution in [-0.2, 0) is 15.4 Å². The number of rotatable bonds is 9. The van der Waals surface area contributed by atoms with Crippen LogP contribution in [0.2, 0.25) is 18.1 Å². The molecule has 184 valence electrons. The first-order valence-corrected chi connectivity index (χ1v) is 14.0. The first-order chi connectivity index (χ1) is 15.2. The topological polar surface area (TPSA) is 55.8 Å². The predicted molar refractivity (Wildman–Crippen MR) is 126 cm³/mol. The minimum atomic E-state index is -4.47. The number of hydrogen-bond donors (Lipinski definition) is 1. The van der Waals surface area contributed by atoms with Gasteiger partial charge in [-0.2, -0.15) is 13.2 Å². The predicted octanol–water partition coefficient (Wildman–Crippen LogP) is 6.17. The van der Waals surface area contributed by atoms with E-state index in [1.807, 2.05) is 0 Å². The van der Waals surface area contributed by atoms with E-state index >= 15 is 0 Å². The van der Waals surface area contributed by atoms with Crippen LogP contribution in [0.25, 0.3) is 0 Å². The molecule has 4 atom stereocenters. The average molecular weight is 485 g/mol. The molecule has 0 amide bonds. The van der Waals surface area contributed by atoms with Crippen molar-refractivity contribution in [2.75, 3.05) is 6.61 Å². The molecule has 0 aliphatic heterocycles. The maximum atomic E-state index is 12.9. The Labute approximate surface area is 195 Å². The van der Waals surface area contributed by atoms with Gasteiger partial charge in [-0.25, -0.2) is 0 Å². The van der Waals surface area contributed by atoms with Crippen molar-refractivity contribution in [1.82, 2.24) is 0 Å². The lowest BCUT2D eigenvalue weighted by Crippen LogP contribution is -2.45. The molecule has 4 nitrogen and oxygen atoms in total. The number of benzene rings is 1. The maximum absolute atomic E-state index is 12.9. The molecule has 0 radical (unpaired) electrons. The number of Topliss-reactive ketones (excluding diaryl/α,β-unsaturated/α-hetero) is 1. The SMILES string of the molecule is C=CC[C@H]1C(=O)CC(O[Si](C)(C)C(C)(C)C)[C@@H]1/C=C/[C@@H](O)COc1cccc(C(F)(F)F)c1. The lowest BCUT2D eigenvalue weighted by molar-refractivity contribution is -0.137. The van der Waals surface area contributed by atoms with Gasteiger partial charge in [-0.15, -0.1) is 6.58 Å². The Balaban J connectivity index is 2.10. The number of ketones is 1. The summed E-state index contributed by atoms with van der Waals surface area (Å²) in [6, 6.07) is 4.52. The van der Waals surface area contributed by atoms with Gasteiger partial charge < -0.3 is 14.3 Å². The summed E-state index contributed by atoms with van der Waals surface area (Å²) in [6.45, 7) is 14.2. The van der Waals surface area contributed by atoms with E-state index in [1.165, 1.54) is 18.2 Å². The molecule has 8 heteroatoms. The van der Waals surface area contributed by atoms with Crippen LogP contribution in [0, 0.1) is 11.8 Å². The quantitative estimate of drug-likeness (QED) is 0.336. The Kier molecular flexibility index (Phi) is 8.76. The molecular weight excluding hydrogens is 449 g/mol. The van der Waals surface area contributed by atoms with Crippen molar-refractivity contribution in [3.63, 3.8) is 0 Å². The fraction of sp³-hybridized carbons (Fsp3) is 0.560. The van der Waals surface area contributed by atoms with Crippen molar-refractivity contribution in [2.45, 2.75) is 70.1 Å². The van der Waals surface area contributed by atoms with Gasteiger partial charge in [-0.05, 0) is 42.8 Å². The molecule has 1 aromatic carbocycles. The van der Waals surface area contributed by atoms with Crippen LogP contribution < -0.4 is 4.74 Å². The molecule has 0 spiro atoms. The first-order valence-electron chi connectivity index (χ1n) is 11.1. The minimum absolute atomic E-state index is 0.0147. The Hall–Kier alpha value is -1.90. The highest BCUT2D eigenvalue weighted by Crippen LogP contribution is 2.42. The monoisotopic (exact) mass is 484 g/mol. The summed E-state index contributed by atoms with van der Waals surface area (Å²) in [5.74, 6) is -0.349. The van der Waals surface area contributed by atoms with Crippen molar-refractivity contribution in [3.05, 3.63) is 54.6 Å². The van der Waals surface area contributed by atoms with Crippen molar-refractivity contribution in [1.29, 1.82) is 0 Å². The standard InChI is InChI=1S/C25H35F3O4Si/c1-7-9-20-21(23(15-22(20)30)32-33(5,6)24(2,3)4)13-12-18(29)16-31-19-11-8-10-17(14-19)25(26,27)28/h7-8,10-14,18,20-21,23,29H,1,9,15-16H2,2-6H3/b13-12+/t18-,20-,21-,23?/m1/s1. The van der Waals surface area contributed by atoms with Crippen LogP contribution in [0.3, 0.4) is 0 Å². The van der Waals surface area contributed by atoms with Crippen molar-refractivity contribution < 1.29 is 32.2 Å². The van der Waals surface area contributed by atoms with E-state index in [4.69, 9.17) is 9.16 Å². The summed E-state index contributed by atoms with van der Waals surface area (Å²) in [4.78, 5) is 12.7. The molecule has 0 bridgehead atoms. The zero-order valence-corrected chi connectivity index (χ0v) is 21.0. The van der Waals surface area contributed by atoms with E-state index in [9.17, 15) is 23.1 Å². The Morgan fingerprint density at radius 3 is 2.52 bits per heavy atom. The molecule has 1 aliphatic carbocycles. The van der Waals surface area contributed by atoms with Gasteiger partial charge in [-0.3, -0.25) is 4.79 Å². The lowest BCUT2D eigenvalue weighted by atomic mass is 9.90. The van der Waals surface area contributed by atoms with Gasteiger partial charge in [0.2, 0.25) is 0 Å². The highest BCUT2D eigenvalue weighted by molar-refractivity contribution is 6.74. The van der Waals surface area contributed by atoms with E-state index in [2.05, 4.69) is 40.4 Å². The normalized spacial score (nSPS) is 23.2. The number of alkyl halides is 3. The van der Waals surface area contributed by atoms with Gasteiger partial charge in [0, 0.05) is 18.3 Å². The van der Waals surface area contributed by atoms with E-state index in [-0.39, 0.29) is 41.1 Å². The lowest BCUT2D eigenvalue weighted by Gasteiger charge is -2.39. The summed E-state index contributed by atoms with van der Waals surface area (Å²) in [6.07, 6.45) is 0.0758. The second kappa shape index (κ2) is 10.6. The second-order valence-corrected chi connectivity index (χ2v) is 14.8. The molecule has 0 heterocycles. The van der Waals surface area contributed by atoms with Crippen LogP contribution in [0.1, 0.15) is 39.2 Å². The fourth-order valence-electron chi connectivity index (χ4n) is 3.62. The molecule has 33 heavy (non-hydrogen) atoms. The Bertz CT molecular complexity index is 858. The van der Waals surface area contributed by atoms with Gasteiger partial charge in [0.05, 0.1) is 11.7 Å². The molecular formula is C25H35F3O4Si. The van der Waals surface area contributed by atoms with Gasteiger partial charge in [-0.1, -0.05) is 45.1 Å². The molecule has 0 aromatic heterocycles. The van der Waals surface area contributed by atoms with Crippen molar-refractivity contribution in [2.24, 2.45) is 11.8 Å². The van der Waals surface area contributed by atoms with Crippen LogP contribution >= 0.6 is 0 Å². The third kappa shape index (κ3) is 7.29.